The zero-order valence-electron chi connectivity index (χ0n) is 12.3. The van der Waals surface area contributed by atoms with E-state index < -0.39 is 0 Å². The summed E-state index contributed by atoms with van der Waals surface area (Å²) in [6.07, 6.45) is 0. The molecule has 0 aliphatic carbocycles. The van der Waals surface area contributed by atoms with Crippen LogP contribution in [0, 0.1) is 11.3 Å². The lowest BCUT2D eigenvalue weighted by Crippen LogP contribution is -2.27. The molecule has 1 aromatic carbocycles. The highest BCUT2D eigenvalue weighted by Gasteiger charge is 2.11. The highest BCUT2D eigenvalue weighted by molar-refractivity contribution is 6.16. The molecule has 2 rings (SSSR count). The first-order valence-electron chi connectivity index (χ1n) is 6.82. The number of hydrogen-bond acceptors (Lipinski definition) is 4. The Morgan fingerprint density at radius 2 is 2.24 bits per heavy atom. The summed E-state index contributed by atoms with van der Waals surface area (Å²) < 4.78 is 7.17. The Morgan fingerprint density at radius 1 is 1.43 bits per heavy atom. The van der Waals surface area contributed by atoms with Gasteiger partial charge in [-0.15, -0.1) is 11.6 Å². The Morgan fingerprint density at radius 3 is 2.90 bits per heavy atom. The number of fused-ring (bicyclic) bond motifs is 1. The molecule has 0 bridgehead atoms. The number of nitriles is 1. The van der Waals surface area contributed by atoms with Crippen molar-refractivity contribution in [1.82, 2.24) is 14.5 Å². The molecule has 0 aliphatic heterocycles. The minimum Gasteiger partial charge on any atom is -0.383 e. The van der Waals surface area contributed by atoms with Gasteiger partial charge in [-0.1, -0.05) is 0 Å². The van der Waals surface area contributed by atoms with Gasteiger partial charge in [-0.3, -0.25) is 0 Å². The predicted octanol–water partition coefficient (Wildman–Crippen LogP) is 2.22. The number of likely N-dealkylation sites (N-methyl/N-ethyl adjacent to an activating group) is 1. The Balaban J connectivity index is 2.22. The van der Waals surface area contributed by atoms with Gasteiger partial charge in [-0.05, 0) is 25.2 Å². The molecule has 6 heteroatoms. The van der Waals surface area contributed by atoms with E-state index in [9.17, 15) is 0 Å². The first kappa shape index (κ1) is 15.8. The maximum atomic E-state index is 9.04. The van der Waals surface area contributed by atoms with Gasteiger partial charge in [0.25, 0.3) is 0 Å². The fourth-order valence-corrected chi connectivity index (χ4v) is 2.43. The van der Waals surface area contributed by atoms with Crippen LogP contribution in [0.25, 0.3) is 11.0 Å². The van der Waals surface area contributed by atoms with E-state index in [0.29, 0.717) is 18.1 Å². The first-order chi connectivity index (χ1) is 10.2. The maximum absolute atomic E-state index is 9.04. The van der Waals surface area contributed by atoms with E-state index in [1.165, 1.54) is 0 Å². The van der Waals surface area contributed by atoms with Crippen molar-refractivity contribution in [2.24, 2.45) is 0 Å². The van der Waals surface area contributed by atoms with E-state index in [2.05, 4.69) is 27.6 Å². The molecule has 1 aromatic heterocycles. The molecule has 0 spiro atoms. The van der Waals surface area contributed by atoms with E-state index in [1.54, 1.807) is 13.2 Å². The highest BCUT2D eigenvalue weighted by Crippen LogP contribution is 2.19. The average molecular weight is 307 g/mol. The largest absolute Gasteiger partial charge is 0.383 e. The summed E-state index contributed by atoms with van der Waals surface area (Å²) in [5.74, 6) is 1.19. The number of imidazole rings is 1. The molecule has 0 aliphatic rings. The Kier molecular flexibility index (Phi) is 5.57. The normalized spacial score (nSPS) is 11.2. The quantitative estimate of drug-likeness (QED) is 0.736. The van der Waals surface area contributed by atoms with Crippen molar-refractivity contribution in [3.8, 4) is 6.07 Å². The van der Waals surface area contributed by atoms with Crippen molar-refractivity contribution in [2.75, 3.05) is 33.9 Å². The van der Waals surface area contributed by atoms with E-state index in [-0.39, 0.29) is 0 Å². The second-order valence-electron chi connectivity index (χ2n) is 4.92. The summed E-state index contributed by atoms with van der Waals surface area (Å²) in [6.45, 7) is 3.24. The molecule has 112 valence electrons. The molecule has 0 saturated carbocycles. The van der Waals surface area contributed by atoms with Crippen molar-refractivity contribution >= 4 is 22.6 Å². The van der Waals surface area contributed by atoms with Gasteiger partial charge in [-0.25, -0.2) is 4.98 Å². The van der Waals surface area contributed by atoms with Crippen LogP contribution in [0.2, 0.25) is 0 Å². The van der Waals surface area contributed by atoms with Gasteiger partial charge in [0.15, 0.2) is 0 Å². The van der Waals surface area contributed by atoms with E-state index in [4.69, 9.17) is 21.6 Å². The van der Waals surface area contributed by atoms with Crippen molar-refractivity contribution in [3.63, 3.8) is 0 Å². The van der Waals surface area contributed by atoms with Crippen LogP contribution in [0.15, 0.2) is 18.2 Å². The molecule has 0 amide bonds. The summed E-state index contributed by atoms with van der Waals surface area (Å²) in [6, 6.07) is 7.68. The molecule has 0 saturated heterocycles. The third-order valence-corrected chi connectivity index (χ3v) is 3.70. The number of methoxy groups -OCH3 is 1. The third kappa shape index (κ3) is 3.73. The standard InChI is InChI=1S/C15H19ClN4O/c1-19(7-8-21-2)5-6-20-14-9-12(11-17)3-4-13(14)18-15(20)10-16/h3-4,9H,5-8,10H2,1-2H3. The molecule has 0 fully saturated rings. The Bertz CT molecular complexity index is 647. The minimum absolute atomic E-state index is 0.359. The molecular weight excluding hydrogens is 288 g/mol. The summed E-state index contributed by atoms with van der Waals surface area (Å²) in [5.41, 5.74) is 2.48. The van der Waals surface area contributed by atoms with Gasteiger partial charge in [-0.2, -0.15) is 5.26 Å². The molecule has 2 aromatic rings. The van der Waals surface area contributed by atoms with Crippen molar-refractivity contribution in [1.29, 1.82) is 5.26 Å². The molecule has 5 nitrogen and oxygen atoms in total. The Labute approximate surface area is 129 Å². The second kappa shape index (κ2) is 7.41. The lowest BCUT2D eigenvalue weighted by molar-refractivity contribution is 0.159. The lowest BCUT2D eigenvalue weighted by Gasteiger charge is -2.17. The van der Waals surface area contributed by atoms with Gasteiger partial charge >= 0.3 is 0 Å². The average Bonchev–Trinajstić information content (AvgIpc) is 2.87. The van der Waals surface area contributed by atoms with E-state index in [0.717, 1.165) is 36.5 Å². The zero-order chi connectivity index (χ0) is 15.2. The second-order valence-corrected chi connectivity index (χ2v) is 5.19. The fraction of sp³-hybridized carbons (Fsp3) is 0.467. The summed E-state index contributed by atoms with van der Waals surface area (Å²) in [7, 11) is 3.76. The number of nitrogens with zero attached hydrogens (tertiary/aromatic N) is 4. The number of benzene rings is 1. The van der Waals surface area contributed by atoms with Crippen LogP contribution in [0.4, 0.5) is 0 Å². The van der Waals surface area contributed by atoms with Gasteiger partial charge in [0.2, 0.25) is 0 Å². The monoisotopic (exact) mass is 306 g/mol. The smallest absolute Gasteiger partial charge is 0.124 e. The van der Waals surface area contributed by atoms with Crippen molar-refractivity contribution < 1.29 is 4.74 Å². The van der Waals surface area contributed by atoms with Crippen LogP contribution in [0.1, 0.15) is 11.4 Å². The molecule has 0 N–H and O–H groups in total. The number of hydrogen-bond donors (Lipinski definition) is 0. The van der Waals surface area contributed by atoms with E-state index >= 15 is 0 Å². The lowest BCUT2D eigenvalue weighted by atomic mass is 10.2. The van der Waals surface area contributed by atoms with Crippen LogP contribution in [-0.4, -0.2) is 48.3 Å². The number of rotatable bonds is 7. The number of halogens is 1. The summed E-state index contributed by atoms with van der Waals surface area (Å²) >= 11 is 5.99. The molecule has 0 unspecified atom stereocenters. The van der Waals surface area contributed by atoms with Gasteiger partial charge in [0.1, 0.15) is 5.82 Å². The van der Waals surface area contributed by atoms with Gasteiger partial charge in [0.05, 0.1) is 35.2 Å². The molecule has 0 radical (unpaired) electrons. The SMILES string of the molecule is COCCN(C)CCn1c(CCl)nc2ccc(C#N)cc21. The maximum Gasteiger partial charge on any atom is 0.124 e. The third-order valence-electron chi connectivity index (χ3n) is 3.46. The summed E-state index contributed by atoms with van der Waals surface area (Å²) in [4.78, 5) is 6.72. The van der Waals surface area contributed by atoms with Crippen molar-refractivity contribution in [2.45, 2.75) is 12.4 Å². The van der Waals surface area contributed by atoms with Crippen LogP contribution >= 0.6 is 11.6 Å². The molecule has 0 atom stereocenters. The van der Waals surface area contributed by atoms with Crippen LogP contribution in [0.5, 0.6) is 0 Å². The zero-order valence-corrected chi connectivity index (χ0v) is 13.1. The Hall–Kier alpha value is -1.61. The number of ether oxygens (including phenoxy) is 1. The first-order valence-corrected chi connectivity index (χ1v) is 7.35. The number of aromatic nitrogens is 2. The van der Waals surface area contributed by atoms with Crippen LogP contribution in [0.3, 0.4) is 0 Å². The predicted molar refractivity (Wildman–Crippen MR) is 83.4 cm³/mol. The molecule has 21 heavy (non-hydrogen) atoms. The fourth-order valence-electron chi connectivity index (χ4n) is 2.22. The minimum atomic E-state index is 0.359. The number of alkyl halides is 1. The van der Waals surface area contributed by atoms with Crippen LogP contribution < -0.4 is 0 Å². The highest BCUT2D eigenvalue weighted by atomic mass is 35.5. The van der Waals surface area contributed by atoms with E-state index in [1.807, 2.05) is 12.1 Å². The molecular formula is C15H19ClN4O. The van der Waals surface area contributed by atoms with Crippen LogP contribution in [-0.2, 0) is 17.2 Å². The van der Waals surface area contributed by atoms with Gasteiger partial charge in [0, 0.05) is 26.7 Å². The summed E-state index contributed by atoms with van der Waals surface area (Å²) in [5, 5.41) is 9.04. The topological polar surface area (TPSA) is 54.1 Å². The molecule has 1 heterocycles. The van der Waals surface area contributed by atoms with Crippen molar-refractivity contribution in [3.05, 3.63) is 29.6 Å². The van der Waals surface area contributed by atoms with Gasteiger partial charge < -0.3 is 14.2 Å².